The molecule has 0 saturated heterocycles. The van der Waals surface area contributed by atoms with Crippen molar-refractivity contribution in [2.24, 2.45) is 23.7 Å². The van der Waals surface area contributed by atoms with Gasteiger partial charge >= 0.3 is 0 Å². The predicted octanol–water partition coefficient (Wildman–Crippen LogP) is 5.58. The maximum Gasteiger partial charge on any atom is 0.0755 e. The minimum atomic E-state index is -0.489. The van der Waals surface area contributed by atoms with Crippen LogP contribution in [0.2, 0.25) is 0 Å². The predicted molar refractivity (Wildman–Crippen MR) is 132 cm³/mol. The number of aliphatic hydroxyl groups excluding tert-OH is 2. The number of hydrogen-bond acceptors (Lipinski definition) is 3. The number of hydrogen-bond donors (Lipinski definition) is 2. The van der Waals surface area contributed by atoms with E-state index in [1.165, 1.54) is 32.2 Å². The van der Waals surface area contributed by atoms with E-state index < -0.39 is 6.10 Å². The van der Waals surface area contributed by atoms with Gasteiger partial charge in [0.25, 0.3) is 0 Å². The van der Waals surface area contributed by atoms with Crippen molar-refractivity contribution in [2.75, 3.05) is 6.54 Å². The lowest BCUT2D eigenvalue weighted by molar-refractivity contribution is 0.137. The Balaban J connectivity index is 1.77. The highest BCUT2D eigenvalue weighted by atomic mass is 16.3. The standard InChI is InChI=1S/C28H47NO2/c1-7-8-12-22(6)27(30)15-14-25-26-18-23(17-24(26)19-28(25)31)13-10-9-11-16-29(20(2)3)21(4)5/h14-15,17,20-22,24-28,30-31H,9-13,16,18-19H2,1-6H3/t22-,24-,25+,26-,27+,28+/m0/s1. The summed E-state index contributed by atoms with van der Waals surface area (Å²) in [5.74, 6) is 7.26. The minimum Gasteiger partial charge on any atom is -0.392 e. The molecule has 2 aliphatic carbocycles. The topological polar surface area (TPSA) is 43.7 Å². The van der Waals surface area contributed by atoms with Crippen molar-refractivity contribution >= 4 is 0 Å². The van der Waals surface area contributed by atoms with Crippen molar-refractivity contribution < 1.29 is 10.2 Å². The summed E-state index contributed by atoms with van der Waals surface area (Å²) in [5, 5.41) is 21.0. The van der Waals surface area contributed by atoms with Crippen molar-refractivity contribution in [3.8, 4) is 11.8 Å². The molecule has 0 bridgehead atoms. The van der Waals surface area contributed by atoms with Gasteiger partial charge in [-0.15, -0.1) is 11.8 Å². The zero-order valence-corrected chi connectivity index (χ0v) is 20.8. The molecule has 6 atom stereocenters. The van der Waals surface area contributed by atoms with E-state index in [1.807, 2.05) is 19.9 Å². The highest BCUT2D eigenvalue weighted by molar-refractivity contribution is 5.21. The van der Waals surface area contributed by atoms with E-state index in [0.717, 1.165) is 12.8 Å². The molecule has 0 amide bonds. The summed E-state index contributed by atoms with van der Waals surface area (Å²) >= 11 is 0. The Hall–Kier alpha value is -1.08. The van der Waals surface area contributed by atoms with Gasteiger partial charge in [-0.25, -0.2) is 0 Å². The number of allylic oxidation sites excluding steroid dienone is 2. The van der Waals surface area contributed by atoms with E-state index in [2.05, 4.69) is 56.6 Å². The van der Waals surface area contributed by atoms with Gasteiger partial charge in [-0.3, -0.25) is 4.90 Å². The number of fused-ring (bicyclic) bond motifs is 1. The monoisotopic (exact) mass is 429 g/mol. The summed E-state index contributed by atoms with van der Waals surface area (Å²) in [4.78, 5) is 2.58. The van der Waals surface area contributed by atoms with Crippen LogP contribution in [-0.4, -0.2) is 45.9 Å². The highest BCUT2D eigenvalue weighted by Crippen LogP contribution is 2.48. The molecule has 3 nitrogen and oxygen atoms in total. The van der Waals surface area contributed by atoms with Crippen LogP contribution < -0.4 is 0 Å². The molecule has 0 aromatic carbocycles. The van der Waals surface area contributed by atoms with Crippen LogP contribution in [0.4, 0.5) is 0 Å². The summed E-state index contributed by atoms with van der Waals surface area (Å²) in [7, 11) is 0. The van der Waals surface area contributed by atoms with Crippen LogP contribution in [0, 0.1) is 35.5 Å². The maximum absolute atomic E-state index is 10.6. The molecule has 0 spiro atoms. The maximum atomic E-state index is 10.6. The third-order valence-corrected chi connectivity index (χ3v) is 7.41. The van der Waals surface area contributed by atoms with Crippen LogP contribution in [0.3, 0.4) is 0 Å². The van der Waals surface area contributed by atoms with Gasteiger partial charge < -0.3 is 10.2 Å². The molecule has 2 aliphatic rings. The van der Waals surface area contributed by atoms with Crippen LogP contribution in [0.5, 0.6) is 0 Å². The Morgan fingerprint density at radius 2 is 1.84 bits per heavy atom. The lowest BCUT2D eigenvalue weighted by Crippen LogP contribution is -2.37. The second-order valence-corrected chi connectivity index (χ2v) is 10.5. The zero-order valence-electron chi connectivity index (χ0n) is 20.8. The molecule has 0 aromatic rings. The fourth-order valence-electron chi connectivity index (χ4n) is 5.54. The number of aliphatic hydroxyl groups is 2. The van der Waals surface area contributed by atoms with Crippen LogP contribution in [0.1, 0.15) is 86.5 Å². The average Bonchev–Trinajstić information content (AvgIpc) is 3.22. The van der Waals surface area contributed by atoms with Crippen LogP contribution in [-0.2, 0) is 0 Å². The molecule has 2 rings (SSSR count). The van der Waals surface area contributed by atoms with E-state index in [4.69, 9.17) is 0 Å². The number of nitrogens with zero attached hydrogens (tertiary/aromatic N) is 1. The van der Waals surface area contributed by atoms with Gasteiger partial charge in [0.1, 0.15) is 0 Å². The zero-order chi connectivity index (χ0) is 23.0. The van der Waals surface area contributed by atoms with E-state index >= 15 is 0 Å². The van der Waals surface area contributed by atoms with Gasteiger partial charge in [-0.05, 0) is 91.0 Å². The van der Waals surface area contributed by atoms with Crippen LogP contribution >= 0.6 is 0 Å². The van der Waals surface area contributed by atoms with Crippen LogP contribution in [0.25, 0.3) is 0 Å². The summed E-state index contributed by atoms with van der Waals surface area (Å²) in [6, 6.07) is 1.24. The molecule has 176 valence electrons. The first-order valence-electron chi connectivity index (χ1n) is 12.6. The first-order valence-corrected chi connectivity index (χ1v) is 12.6. The fraction of sp³-hybridized carbons (Fsp3) is 0.786. The van der Waals surface area contributed by atoms with Gasteiger partial charge in [0.2, 0.25) is 0 Å². The van der Waals surface area contributed by atoms with Crippen molar-refractivity contribution in [3.63, 3.8) is 0 Å². The average molecular weight is 430 g/mol. The van der Waals surface area contributed by atoms with Gasteiger partial charge in [-0.2, -0.15) is 0 Å². The van der Waals surface area contributed by atoms with Crippen molar-refractivity contribution in [2.45, 2.75) is 111 Å². The molecule has 0 unspecified atom stereocenters. The fourth-order valence-corrected chi connectivity index (χ4v) is 5.54. The molecule has 0 aromatic heterocycles. The quantitative estimate of drug-likeness (QED) is 0.242. The Kier molecular flexibility index (Phi) is 10.8. The van der Waals surface area contributed by atoms with E-state index in [9.17, 15) is 10.2 Å². The first-order chi connectivity index (χ1) is 14.7. The second kappa shape index (κ2) is 12.8. The Bertz CT molecular complexity index is 646. The van der Waals surface area contributed by atoms with E-state index in [1.54, 1.807) is 5.57 Å². The minimum absolute atomic E-state index is 0.123. The lowest BCUT2D eigenvalue weighted by atomic mass is 9.88. The molecular weight excluding hydrogens is 382 g/mol. The second-order valence-electron chi connectivity index (χ2n) is 10.5. The van der Waals surface area contributed by atoms with Gasteiger partial charge in [0.15, 0.2) is 0 Å². The smallest absolute Gasteiger partial charge is 0.0755 e. The molecule has 3 heteroatoms. The van der Waals surface area contributed by atoms with Gasteiger partial charge in [0, 0.05) is 24.4 Å². The molecule has 0 aliphatic heterocycles. The molecule has 1 saturated carbocycles. The summed E-state index contributed by atoms with van der Waals surface area (Å²) in [6.45, 7) is 14.2. The molecule has 0 heterocycles. The third-order valence-electron chi connectivity index (χ3n) is 7.41. The normalized spacial score (nSPS) is 27.6. The summed E-state index contributed by atoms with van der Waals surface area (Å²) in [5.41, 5.74) is 1.59. The van der Waals surface area contributed by atoms with E-state index in [0.29, 0.717) is 30.3 Å². The molecule has 2 N–H and O–H groups in total. The first kappa shape index (κ1) is 26.2. The molecule has 0 radical (unpaired) electrons. The van der Waals surface area contributed by atoms with Crippen LogP contribution in [0.15, 0.2) is 23.8 Å². The van der Waals surface area contributed by atoms with Gasteiger partial charge in [-0.1, -0.05) is 37.1 Å². The van der Waals surface area contributed by atoms with Crippen molar-refractivity contribution in [1.29, 1.82) is 0 Å². The Morgan fingerprint density at radius 1 is 1.13 bits per heavy atom. The largest absolute Gasteiger partial charge is 0.392 e. The molecule has 1 fully saturated rings. The Morgan fingerprint density at radius 3 is 2.48 bits per heavy atom. The SMILES string of the molecule is CC#CC[C@H](C)[C@H](O)C=C[C@@H]1[C@H]2CC(CCCCCN(C(C)C)C(C)C)=C[C@H]2C[C@H]1O. The summed E-state index contributed by atoms with van der Waals surface area (Å²) in [6.07, 6.45) is 13.4. The van der Waals surface area contributed by atoms with Gasteiger partial charge in [0.05, 0.1) is 12.2 Å². The summed E-state index contributed by atoms with van der Waals surface area (Å²) < 4.78 is 0. The molecular formula is C28H47NO2. The van der Waals surface area contributed by atoms with E-state index in [-0.39, 0.29) is 17.9 Å². The number of rotatable bonds is 12. The molecule has 31 heavy (non-hydrogen) atoms. The third kappa shape index (κ3) is 7.77. The Labute approximate surface area is 192 Å². The van der Waals surface area contributed by atoms with Crippen molar-refractivity contribution in [1.82, 2.24) is 4.90 Å². The lowest BCUT2D eigenvalue weighted by Gasteiger charge is -2.30. The van der Waals surface area contributed by atoms with Crippen molar-refractivity contribution in [3.05, 3.63) is 23.8 Å². The number of unbranched alkanes of at least 4 members (excludes halogenated alkanes) is 2. The highest BCUT2D eigenvalue weighted by Gasteiger charge is 2.43.